The highest BCUT2D eigenvalue weighted by Crippen LogP contribution is 2.21. The van der Waals surface area contributed by atoms with E-state index in [1.807, 2.05) is 4.90 Å². The van der Waals surface area contributed by atoms with Crippen molar-refractivity contribution in [3.63, 3.8) is 0 Å². The second kappa shape index (κ2) is 7.50. The Kier molecular flexibility index (Phi) is 4.90. The number of piperidine rings is 1. The number of carbonyl (C=O) groups excluding carboxylic acids is 1. The third-order valence-electron chi connectivity index (χ3n) is 5.33. The second-order valence-electron chi connectivity index (χ2n) is 7.19. The van der Waals surface area contributed by atoms with Gasteiger partial charge in [0.15, 0.2) is 0 Å². The summed E-state index contributed by atoms with van der Waals surface area (Å²) >= 11 is 0. The number of hydrogen-bond donors (Lipinski definition) is 0. The molecule has 3 heterocycles. The van der Waals surface area contributed by atoms with Crippen LogP contribution in [0.4, 0.5) is 4.39 Å². The van der Waals surface area contributed by atoms with Crippen LogP contribution in [-0.4, -0.2) is 38.4 Å². The van der Waals surface area contributed by atoms with Gasteiger partial charge in [-0.15, -0.1) is 0 Å². The lowest BCUT2D eigenvalue weighted by Gasteiger charge is -2.32. The number of amides is 1. The van der Waals surface area contributed by atoms with Crippen LogP contribution >= 0.6 is 0 Å². The van der Waals surface area contributed by atoms with Gasteiger partial charge in [-0.25, -0.2) is 9.37 Å². The highest BCUT2D eigenvalue weighted by Gasteiger charge is 2.25. The van der Waals surface area contributed by atoms with Crippen LogP contribution in [0.1, 0.15) is 29.2 Å². The predicted octanol–water partition coefficient (Wildman–Crippen LogP) is 2.79. The zero-order valence-corrected chi connectivity index (χ0v) is 15.6. The molecular weight excluding hydrogens is 359 g/mol. The van der Waals surface area contributed by atoms with Gasteiger partial charge in [0.2, 0.25) is 0 Å². The first kappa shape index (κ1) is 18.3. The molecule has 1 saturated heterocycles. The number of rotatable bonds is 3. The molecule has 0 saturated carbocycles. The fourth-order valence-corrected chi connectivity index (χ4v) is 3.75. The Balaban J connectivity index is 1.47. The van der Waals surface area contributed by atoms with Crippen molar-refractivity contribution in [3.05, 3.63) is 70.3 Å². The molecule has 144 valence electrons. The van der Waals surface area contributed by atoms with Gasteiger partial charge < -0.3 is 4.90 Å². The Bertz CT molecular complexity index is 1070. The highest BCUT2D eigenvalue weighted by atomic mass is 19.1. The first-order valence-corrected chi connectivity index (χ1v) is 9.40. The van der Waals surface area contributed by atoms with E-state index in [-0.39, 0.29) is 17.4 Å². The highest BCUT2D eigenvalue weighted by molar-refractivity contribution is 5.92. The molecule has 6 nitrogen and oxygen atoms in total. The Morgan fingerprint density at radius 2 is 2.00 bits per heavy atom. The third kappa shape index (κ3) is 3.52. The van der Waals surface area contributed by atoms with Crippen LogP contribution in [-0.2, 0) is 6.54 Å². The number of fused-ring (bicyclic) bond motifs is 1. The van der Waals surface area contributed by atoms with E-state index >= 15 is 0 Å². The maximum absolute atomic E-state index is 13.4. The number of halogens is 1. The summed E-state index contributed by atoms with van der Waals surface area (Å²) in [5, 5.41) is 0.426. The van der Waals surface area contributed by atoms with Crippen molar-refractivity contribution in [2.45, 2.75) is 26.3 Å². The molecule has 1 aromatic carbocycles. The normalized spacial score (nSPS) is 15.1. The average Bonchev–Trinajstić information content (AvgIpc) is 2.71. The van der Waals surface area contributed by atoms with Crippen molar-refractivity contribution in [2.24, 2.45) is 5.92 Å². The molecule has 4 rings (SSSR count). The van der Waals surface area contributed by atoms with Crippen molar-refractivity contribution in [2.75, 3.05) is 13.1 Å². The Morgan fingerprint density at radius 1 is 1.21 bits per heavy atom. The maximum Gasteiger partial charge on any atom is 0.272 e. The third-order valence-corrected chi connectivity index (χ3v) is 5.33. The molecular formula is C21H21FN4O2. The van der Waals surface area contributed by atoms with Crippen LogP contribution in [0.15, 0.2) is 47.4 Å². The van der Waals surface area contributed by atoms with Crippen LogP contribution in [0.2, 0.25) is 0 Å². The number of aromatic nitrogens is 3. The van der Waals surface area contributed by atoms with E-state index in [1.165, 1.54) is 18.2 Å². The molecule has 3 aromatic rings. The zero-order chi connectivity index (χ0) is 19.7. The van der Waals surface area contributed by atoms with Gasteiger partial charge >= 0.3 is 0 Å². The van der Waals surface area contributed by atoms with E-state index in [2.05, 4.69) is 9.97 Å². The van der Waals surface area contributed by atoms with Crippen molar-refractivity contribution in [3.8, 4) is 0 Å². The lowest BCUT2D eigenvalue weighted by atomic mass is 9.96. The molecule has 1 aliphatic heterocycles. The molecule has 2 aromatic heterocycles. The number of hydrogen-bond acceptors (Lipinski definition) is 4. The lowest BCUT2D eigenvalue weighted by Crippen LogP contribution is -2.40. The predicted molar refractivity (Wildman–Crippen MR) is 104 cm³/mol. The molecule has 28 heavy (non-hydrogen) atoms. The largest absolute Gasteiger partial charge is 0.337 e. The second-order valence-corrected chi connectivity index (χ2v) is 7.19. The van der Waals surface area contributed by atoms with Gasteiger partial charge in [-0.05, 0) is 49.9 Å². The number of likely N-dealkylation sites (tertiary alicyclic amines) is 1. The van der Waals surface area contributed by atoms with E-state index in [4.69, 9.17) is 0 Å². The van der Waals surface area contributed by atoms with Crippen molar-refractivity contribution in [1.29, 1.82) is 0 Å². The lowest BCUT2D eigenvalue weighted by molar-refractivity contribution is 0.0676. The molecule has 0 N–H and O–H groups in total. The molecule has 7 heteroatoms. The van der Waals surface area contributed by atoms with Crippen LogP contribution in [0.25, 0.3) is 10.9 Å². The number of nitrogens with zero attached hydrogens (tertiary/aromatic N) is 4. The SMILES string of the molecule is Cc1nc2cc(F)ccc2c(=O)n1CC1CCN(C(=O)c2ccccn2)CC1. The van der Waals surface area contributed by atoms with Gasteiger partial charge in [-0.3, -0.25) is 19.1 Å². The minimum Gasteiger partial charge on any atom is -0.337 e. The Morgan fingerprint density at radius 3 is 2.71 bits per heavy atom. The van der Waals surface area contributed by atoms with E-state index in [1.54, 1.807) is 35.9 Å². The van der Waals surface area contributed by atoms with Crippen LogP contribution < -0.4 is 5.56 Å². The minimum atomic E-state index is -0.401. The molecule has 0 unspecified atom stereocenters. The molecule has 0 spiro atoms. The summed E-state index contributed by atoms with van der Waals surface area (Å²) in [6.45, 7) is 3.60. The van der Waals surface area contributed by atoms with Gasteiger partial charge in [0.1, 0.15) is 17.3 Å². The summed E-state index contributed by atoms with van der Waals surface area (Å²) in [5.74, 6) is 0.405. The summed E-state index contributed by atoms with van der Waals surface area (Å²) < 4.78 is 15.1. The fraction of sp³-hybridized carbons (Fsp3) is 0.333. The quantitative estimate of drug-likeness (QED) is 0.701. The first-order chi connectivity index (χ1) is 13.5. The monoisotopic (exact) mass is 380 g/mol. The Hall–Kier alpha value is -3.09. The van der Waals surface area contributed by atoms with E-state index in [0.29, 0.717) is 42.1 Å². The number of pyridine rings is 1. The summed E-state index contributed by atoms with van der Waals surface area (Å²) in [4.78, 5) is 35.7. The fourth-order valence-electron chi connectivity index (χ4n) is 3.75. The maximum atomic E-state index is 13.4. The van der Waals surface area contributed by atoms with Gasteiger partial charge in [0, 0.05) is 31.9 Å². The number of carbonyl (C=O) groups is 1. The van der Waals surface area contributed by atoms with E-state index in [9.17, 15) is 14.0 Å². The molecule has 0 bridgehead atoms. The summed E-state index contributed by atoms with van der Waals surface area (Å²) in [6, 6.07) is 9.38. The van der Waals surface area contributed by atoms with E-state index < -0.39 is 5.82 Å². The van der Waals surface area contributed by atoms with E-state index in [0.717, 1.165) is 12.8 Å². The Labute approximate surface area is 161 Å². The standard InChI is InChI=1S/C21H21FN4O2/c1-14-24-19-12-16(22)5-6-17(19)20(27)26(14)13-15-7-10-25(11-8-15)21(28)18-4-2-3-9-23-18/h2-6,9,12,15H,7-8,10-11,13H2,1H3. The van der Waals surface area contributed by atoms with Crippen molar-refractivity contribution < 1.29 is 9.18 Å². The smallest absolute Gasteiger partial charge is 0.272 e. The molecule has 0 radical (unpaired) electrons. The zero-order valence-electron chi connectivity index (χ0n) is 15.6. The van der Waals surface area contributed by atoms with Crippen molar-refractivity contribution in [1.82, 2.24) is 19.4 Å². The molecule has 1 aliphatic rings. The molecule has 0 atom stereocenters. The summed E-state index contributed by atoms with van der Waals surface area (Å²) in [7, 11) is 0. The average molecular weight is 380 g/mol. The molecule has 0 aliphatic carbocycles. The van der Waals surface area contributed by atoms with Gasteiger partial charge in [0.25, 0.3) is 11.5 Å². The topological polar surface area (TPSA) is 68.1 Å². The summed E-state index contributed by atoms with van der Waals surface area (Å²) in [6.07, 6.45) is 3.24. The molecule has 1 amide bonds. The van der Waals surface area contributed by atoms with Crippen LogP contribution in [0, 0.1) is 18.7 Å². The van der Waals surface area contributed by atoms with Crippen molar-refractivity contribution >= 4 is 16.8 Å². The first-order valence-electron chi connectivity index (χ1n) is 9.40. The van der Waals surface area contributed by atoms with Crippen LogP contribution in [0.3, 0.4) is 0 Å². The minimum absolute atomic E-state index is 0.0539. The van der Waals surface area contributed by atoms with Gasteiger partial charge in [-0.1, -0.05) is 6.07 Å². The number of benzene rings is 1. The summed E-state index contributed by atoms with van der Waals surface area (Å²) in [5.41, 5.74) is 0.697. The molecule has 1 fully saturated rings. The van der Waals surface area contributed by atoms with Gasteiger partial charge in [0.05, 0.1) is 10.9 Å². The number of aryl methyl sites for hydroxylation is 1. The van der Waals surface area contributed by atoms with Gasteiger partial charge in [-0.2, -0.15) is 0 Å². The van der Waals surface area contributed by atoms with Crippen LogP contribution in [0.5, 0.6) is 0 Å².